The average Bonchev–Trinajstić information content (AvgIpc) is 3.19. The number of benzene rings is 2. The van der Waals surface area contributed by atoms with E-state index >= 15 is 0 Å². The van der Waals surface area contributed by atoms with Crippen LogP contribution in [0.3, 0.4) is 0 Å². The van der Waals surface area contributed by atoms with Gasteiger partial charge in [-0.1, -0.05) is 18.2 Å². The molecule has 2 heterocycles. The van der Waals surface area contributed by atoms with Gasteiger partial charge in [0.25, 0.3) is 5.56 Å². The fraction of sp³-hybridized carbons (Fsp3) is 0.217. The van der Waals surface area contributed by atoms with Crippen molar-refractivity contribution in [2.45, 2.75) is 19.6 Å². The number of nitrogens with one attached hydrogen (secondary N) is 2. The molecule has 34 heavy (non-hydrogen) atoms. The summed E-state index contributed by atoms with van der Waals surface area (Å²) in [6.07, 6.45) is -0.989. The number of anilines is 1. The van der Waals surface area contributed by atoms with E-state index in [1.807, 2.05) is 18.2 Å². The fourth-order valence-corrected chi connectivity index (χ4v) is 3.37. The lowest BCUT2D eigenvalue weighted by atomic mass is 10.1. The number of aliphatic hydroxyl groups is 1. The fourth-order valence-electron chi connectivity index (χ4n) is 3.37. The van der Waals surface area contributed by atoms with E-state index in [9.17, 15) is 19.8 Å². The van der Waals surface area contributed by atoms with Crippen LogP contribution in [0, 0.1) is 0 Å². The van der Waals surface area contributed by atoms with E-state index in [1.165, 1.54) is 16.2 Å². The highest BCUT2D eigenvalue weighted by atomic mass is 16.5. The van der Waals surface area contributed by atoms with Gasteiger partial charge >= 0.3 is 5.69 Å². The Bertz CT molecular complexity index is 1440. The maximum absolute atomic E-state index is 12.6. The Hall–Kier alpha value is -4.38. The number of aromatic nitrogens is 4. The third kappa shape index (κ3) is 4.84. The topological polar surface area (TPSA) is 147 Å². The van der Waals surface area contributed by atoms with Gasteiger partial charge in [-0.25, -0.2) is 10.2 Å². The van der Waals surface area contributed by atoms with Crippen LogP contribution in [-0.2, 0) is 13.6 Å². The van der Waals surface area contributed by atoms with Crippen molar-refractivity contribution in [1.82, 2.24) is 19.1 Å². The molecule has 4 aromatic rings. The highest BCUT2D eigenvalue weighted by Gasteiger charge is 2.20. The van der Waals surface area contributed by atoms with Gasteiger partial charge in [0.1, 0.15) is 24.2 Å². The smallest absolute Gasteiger partial charge is 0.329 e. The second-order valence-corrected chi connectivity index (χ2v) is 7.67. The van der Waals surface area contributed by atoms with Gasteiger partial charge in [-0.05, 0) is 48.9 Å². The number of phenols is 1. The lowest BCUT2D eigenvalue weighted by molar-refractivity contribution is 0.0938. The number of aliphatic hydroxyl groups excluding tert-OH is 1. The van der Waals surface area contributed by atoms with Crippen LogP contribution < -0.4 is 21.4 Å². The number of hydrogen-bond acceptors (Lipinski definition) is 8. The number of phenolic OH excluding ortho intramolecular Hbond substituents is 1. The summed E-state index contributed by atoms with van der Waals surface area (Å²) in [5.41, 5.74) is 3.20. The van der Waals surface area contributed by atoms with Crippen LogP contribution in [0.2, 0.25) is 0 Å². The normalized spacial score (nSPS) is 12.6. The molecule has 0 saturated heterocycles. The minimum atomic E-state index is -0.989. The summed E-state index contributed by atoms with van der Waals surface area (Å²) in [4.78, 5) is 31.3. The number of aryl methyl sites for hydroxylation is 1. The van der Waals surface area contributed by atoms with Crippen LogP contribution in [0.15, 0.2) is 69.3 Å². The molecule has 0 saturated carbocycles. The molecule has 0 aliphatic heterocycles. The number of hydrogen-bond donors (Lipinski definition) is 4. The quantitative estimate of drug-likeness (QED) is 0.228. The molecule has 11 heteroatoms. The molecular weight excluding hydrogens is 440 g/mol. The van der Waals surface area contributed by atoms with Gasteiger partial charge in [0.2, 0.25) is 5.95 Å². The van der Waals surface area contributed by atoms with E-state index in [2.05, 4.69) is 20.5 Å². The number of imidazole rings is 1. The third-order valence-electron chi connectivity index (χ3n) is 5.19. The first-order chi connectivity index (χ1) is 16.3. The van der Waals surface area contributed by atoms with Gasteiger partial charge in [-0.2, -0.15) is 10.1 Å². The number of nitrogens with zero attached hydrogens (tertiary/aromatic N) is 4. The van der Waals surface area contributed by atoms with Crippen molar-refractivity contribution in [2.75, 3.05) is 12.0 Å². The Morgan fingerprint density at radius 3 is 2.59 bits per heavy atom. The molecule has 0 bridgehead atoms. The molecule has 4 N–H and O–H groups in total. The Morgan fingerprint density at radius 2 is 1.88 bits per heavy atom. The third-order valence-corrected chi connectivity index (χ3v) is 5.19. The molecule has 0 amide bonds. The Balaban J connectivity index is 1.65. The zero-order valence-electron chi connectivity index (χ0n) is 18.6. The summed E-state index contributed by atoms with van der Waals surface area (Å²) in [6.45, 7) is 1.70. The van der Waals surface area contributed by atoms with Gasteiger partial charge in [-0.15, -0.1) is 0 Å². The monoisotopic (exact) mass is 464 g/mol. The maximum atomic E-state index is 12.6. The number of hydrazone groups is 1. The average molecular weight is 464 g/mol. The van der Waals surface area contributed by atoms with Crippen molar-refractivity contribution < 1.29 is 14.9 Å². The SMILES string of the molecule is C/C(=N\Nc1nc2c(c(=O)[nH]c(=O)n2C)n1C[C@H](O)COc1ccccc1)c1ccc(O)cc1. The molecule has 11 nitrogen and oxygen atoms in total. The van der Waals surface area contributed by atoms with Crippen molar-refractivity contribution in [2.24, 2.45) is 12.1 Å². The Kier molecular flexibility index (Phi) is 6.46. The minimum absolute atomic E-state index is 0.0252. The number of aromatic hydroxyl groups is 1. The van der Waals surface area contributed by atoms with E-state index in [0.29, 0.717) is 11.5 Å². The van der Waals surface area contributed by atoms with Crippen molar-refractivity contribution in [1.29, 1.82) is 0 Å². The highest BCUT2D eigenvalue weighted by molar-refractivity contribution is 5.99. The summed E-state index contributed by atoms with van der Waals surface area (Å²) in [6, 6.07) is 15.5. The van der Waals surface area contributed by atoms with E-state index in [-0.39, 0.29) is 36.0 Å². The second kappa shape index (κ2) is 9.63. The molecule has 0 radical (unpaired) electrons. The van der Waals surface area contributed by atoms with Gasteiger partial charge in [-0.3, -0.25) is 14.3 Å². The van der Waals surface area contributed by atoms with Crippen molar-refractivity contribution in [3.8, 4) is 11.5 Å². The Morgan fingerprint density at radius 1 is 1.18 bits per heavy atom. The molecular formula is C23H24N6O5. The van der Waals surface area contributed by atoms with Crippen LogP contribution in [-0.4, -0.2) is 47.7 Å². The molecule has 0 aliphatic carbocycles. The predicted molar refractivity (Wildman–Crippen MR) is 127 cm³/mol. The molecule has 2 aromatic carbocycles. The second-order valence-electron chi connectivity index (χ2n) is 7.67. The minimum Gasteiger partial charge on any atom is -0.508 e. The molecule has 176 valence electrons. The Labute approximate surface area is 193 Å². The van der Waals surface area contributed by atoms with Gasteiger partial charge in [0, 0.05) is 7.05 Å². The molecule has 0 unspecified atom stereocenters. The first kappa shape index (κ1) is 22.8. The van der Waals surface area contributed by atoms with E-state index in [1.54, 1.807) is 43.3 Å². The zero-order valence-corrected chi connectivity index (χ0v) is 18.6. The largest absolute Gasteiger partial charge is 0.508 e. The van der Waals surface area contributed by atoms with Crippen molar-refractivity contribution >= 4 is 22.8 Å². The highest BCUT2D eigenvalue weighted by Crippen LogP contribution is 2.18. The number of aromatic amines is 1. The molecule has 1 atom stereocenters. The standard InChI is InChI=1S/C23H24N6O5/c1-14(15-8-10-16(30)11-9-15)26-27-22-24-20-19(21(32)25-23(33)28(20)2)29(22)12-17(31)13-34-18-6-4-3-5-7-18/h3-11,17,30-31H,12-13H2,1-2H3,(H,24,27)(H,25,32,33)/b26-14+/t17-/m0/s1. The van der Waals surface area contributed by atoms with Crippen LogP contribution in [0.5, 0.6) is 11.5 Å². The molecule has 0 aliphatic rings. The summed E-state index contributed by atoms with van der Waals surface area (Å²) in [5, 5.41) is 24.4. The lowest BCUT2D eigenvalue weighted by Crippen LogP contribution is -2.30. The first-order valence-corrected chi connectivity index (χ1v) is 10.5. The summed E-state index contributed by atoms with van der Waals surface area (Å²) >= 11 is 0. The van der Waals surface area contributed by atoms with Crippen LogP contribution in [0.1, 0.15) is 12.5 Å². The van der Waals surface area contributed by atoms with Gasteiger partial charge in [0.05, 0.1) is 12.3 Å². The number of para-hydroxylation sites is 1. The predicted octanol–water partition coefficient (Wildman–Crippen LogP) is 1.40. The summed E-state index contributed by atoms with van der Waals surface area (Å²) in [7, 11) is 1.49. The molecule has 0 spiro atoms. The number of ether oxygens (including phenoxy) is 1. The van der Waals surface area contributed by atoms with E-state index in [4.69, 9.17) is 4.74 Å². The maximum Gasteiger partial charge on any atom is 0.329 e. The van der Waals surface area contributed by atoms with Crippen LogP contribution >= 0.6 is 0 Å². The summed E-state index contributed by atoms with van der Waals surface area (Å²) < 4.78 is 8.28. The molecule has 0 fully saturated rings. The molecule has 2 aromatic heterocycles. The zero-order chi connectivity index (χ0) is 24.2. The number of H-pyrrole nitrogens is 1. The molecule has 4 rings (SSSR count). The van der Waals surface area contributed by atoms with E-state index < -0.39 is 17.4 Å². The van der Waals surface area contributed by atoms with Crippen molar-refractivity contribution in [3.05, 3.63) is 81.0 Å². The van der Waals surface area contributed by atoms with Gasteiger partial charge in [0.15, 0.2) is 11.2 Å². The van der Waals surface area contributed by atoms with Crippen molar-refractivity contribution in [3.63, 3.8) is 0 Å². The summed E-state index contributed by atoms with van der Waals surface area (Å²) in [5.74, 6) is 0.904. The van der Waals surface area contributed by atoms with Crippen LogP contribution in [0.4, 0.5) is 5.95 Å². The number of rotatable bonds is 8. The lowest BCUT2D eigenvalue weighted by Gasteiger charge is -2.15. The van der Waals surface area contributed by atoms with Gasteiger partial charge < -0.3 is 19.5 Å². The van der Waals surface area contributed by atoms with E-state index in [0.717, 1.165) is 5.56 Å². The van der Waals surface area contributed by atoms with Crippen LogP contribution in [0.25, 0.3) is 11.2 Å². The number of fused-ring (bicyclic) bond motifs is 1. The first-order valence-electron chi connectivity index (χ1n) is 10.5.